The van der Waals surface area contributed by atoms with Crippen molar-refractivity contribution in [1.82, 2.24) is 30.4 Å². The predicted molar refractivity (Wildman–Crippen MR) is 116 cm³/mol. The fraction of sp³-hybridized carbons (Fsp3) is 0.316. The van der Waals surface area contributed by atoms with Gasteiger partial charge in [-0.2, -0.15) is 0 Å². The van der Waals surface area contributed by atoms with E-state index in [2.05, 4.69) is 20.8 Å². The molecule has 0 saturated carbocycles. The van der Waals surface area contributed by atoms with Crippen LogP contribution in [0.25, 0.3) is 0 Å². The van der Waals surface area contributed by atoms with Crippen LogP contribution in [0.4, 0.5) is 0 Å². The van der Waals surface area contributed by atoms with Crippen molar-refractivity contribution in [1.29, 1.82) is 0 Å². The van der Waals surface area contributed by atoms with E-state index in [4.69, 9.17) is 4.74 Å². The van der Waals surface area contributed by atoms with E-state index in [1.807, 2.05) is 0 Å². The number of hydrogen-bond acceptors (Lipinski definition) is 10. The molecule has 1 unspecified atom stereocenters. The van der Waals surface area contributed by atoms with Gasteiger partial charge in [0.05, 0.1) is 0 Å². The topological polar surface area (TPSA) is 157 Å². The number of nitrogens with zero attached hydrogens (tertiary/aromatic N) is 5. The van der Waals surface area contributed by atoms with Crippen LogP contribution < -0.4 is 5.32 Å². The average molecular weight is 491 g/mol. The summed E-state index contributed by atoms with van der Waals surface area (Å²) in [6.07, 6.45) is -1.22. The first-order valence-corrected chi connectivity index (χ1v) is 11.7. The standard InChI is InChI=1S/C19H18N6O6S2/c1-24-19(21-22-23-24)33-8-11-7-32-17-12(16(28)25(17)13(11)18(29)30)20-15(27)14(31-9-26)10-5-3-2-4-6-10/h2-6,9,12,14,17H,7-8H2,1H3,(H,20,27)(H,29,30)/t12-,14-,17?/m1/s1. The number of rotatable bonds is 9. The highest BCUT2D eigenvalue weighted by Crippen LogP contribution is 2.41. The molecule has 2 aromatic rings. The van der Waals surface area contributed by atoms with Crippen molar-refractivity contribution < 1.29 is 29.0 Å². The lowest BCUT2D eigenvalue weighted by atomic mass is 10.0. The molecule has 3 heterocycles. The second-order valence-electron chi connectivity index (χ2n) is 7.05. The minimum atomic E-state index is -1.23. The number of aryl methyl sites for hydroxylation is 1. The van der Waals surface area contributed by atoms with Crippen LogP contribution in [-0.2, 0) is 31.0 Å². The Labute approximate surface area is 195 Å². The number of hydrogen-bond donors (Lipinski definition) is 2. The molecule has 0 spiro atoms. The Morgan fingerprint density at radius 3 is 2.79 bits per heavy atom. The summed E-state index contributed by atoms with van der Waals surface area (Å²) in [5, 5.41) is 23.4. The highest BCUT2D eigenvalue weighted by Gasteiger charge is 2.54. The van der Waals surface area contributed by atoms with E-state index in [0.717, 1.165) is 0 Å². The number of carboxylic acid groups (broad SMARTS) is 1. The van der Waals surface area contributed by atoms with Gasteiger partial charge < -0.3 is 15.2 Å². The van der Waals surface area contributed by atoms with Crippen molar-refractivity contribution >= 4 is 47.8 Å². The van der Waals surface area contributed by atoms with Gasteiger partial charge in [-0.15, -0.1) is 16.9 Å². The number of amides is 2. The molecule has 4 rings (SSSR count). The SMILES string of the molecule is Cn1nnnc1SCC1=C(C(=O)O)N2C(=O)[C@@H](NC(=O)[C@H](OC=O)c3ccccc3)C2SC1. The van der Waals surface area contributed by atoms with Gasteiger partial charge in [0.15, 0.2) is 0 Å². The van der Waals surface area contributed by atoms with Crippen LogP contribution in [0.1, 0.15) is 11.7 Å². The lowest BCUT2D eigenvalue weighted by Gasteiger charge is -2.49. The smallest absolute Gasteiger partial charge is 0.352 e. The van der Waals surface area contributed by atoms with Gasteiger partial charge in [-0.3, -0.25) is 19.3 Å². The highest BCUT2D eigenvalue weighted by molar-refractivity contribution is 8.01. The van der Waals surface area contributed by atoms with Gasteiger partial charge in [0.25, 0.3) is 18.3 Å². The van der Waals surface area contributed by atoms with Gasteiger partial charge in [-0.05, 0) is 16.0 Å². The Bertz CT molecular complexity index is 1120. The Kier molecular flexibility index (Phi) is 6.65. The van der Waals surface area contributed by atoms with Crippen molar-refractivity contribution in [3.63, 3.8) is 0 Å². The zero-order valence-corrected chi connectivity index (χ0v) is 18.8. The van der Waals surface area contributed by atoms with Crippen molar-refractivity contribution in [2.24, 2.45) is 7.05 Å². The number of carbonyl (C=O) groups excluding carboxylic acids is 3. The van der Waals surface area contributed by atoms with E-state index in [0.29, 0.717) is 27.8 Å². The van der Waals surface area contributed by atoms with Gasteiger partial charge in [0, 0.05) is 24.1 Å². The maximum atomic E-state index is 12.8. The lowest BCUT2D eigenvalue weighted by Crippen LogP contribution is -2.71. The zero-order valence-electron chi connectivity index (χ0n) is 17.2. The summed E-state index contributed by atoms with van der Waals surface area (Å²) < 4.78 is 6.40. The number of aromatic nitrogens is 4. The minimum Gasteiger partial charge on any atom is -0.477 e. The molecule has 2 aliphatic rings. The van der Waals surface area contributed by atoms with Gasteiger partial charge in [0.1, 0.15) is 17.1 Å². The van der Waals surface area contributed by atoms with E-state index >= 15 is 0 Å². The second kappa shape index (κ2) is 9.62. The van der Waals surface area contributed by atoms with Crippen LogP contribution in [0.15, 0.2) is 46.8 Å². The minimum absolute atomic E-state index is 0.0966. The monoisotopic (exact) mass is 490 g/mol. The second-order valence-corrected chi connectivity index (χ2v) is 9.10. The number of thioether (sulfide) groups is 2. The Hall–Kier alpha value is -3.39. The number of tetrazole rings is 1. The highest BCUT2D eigenvalue weighted by atomic mass is 32.2. The summed E-state index contributed by atoms with van der Waals surface area (Å²) >= 11 is 2.61. The van der Waals surface area contributed by atoms with Crippen LogP contribution in [0.5, 0.6) is 0 Å². The van der Waals surface area contributed by atoms with Gasteiger partial charge in [-0.1, -0.05) is 42.1 Å². The molecule has 12 nitrogen and oxygen atoms in total. The Morgan fingerprint density at radius 1 is 1.39 bits per heavy atom. The largest absolute Gasteiger partial charge is 0.477 e. The molecular formula is C19H18N6O6S2. The first-order chi connectivity index (χ1) is 15.9. The first-order valence-electron chi connectivity index (χ1n) is 9.62. The Balaban J connectivity index is 1.48. The normalized spacial score (nSPS) is 20.5. The zero-order chi connectivity index (χ0) is 23.5. The fourth-order valence-electron chi connectivity index (χ4n) is 3.49. The molecule has 0 radical (unpaired) electrons. The van der Waals surface area contributed by atoms with Gasteiger partial charge in [0.2, 0.25) is 11.3 Å². The number of carboxylic acids is 1. The molecular weight excluding hydrogens is 472 g/mol. The summed E-state index contributed by atoms with van der Waals surface area (Å²) in [7, 11) is 1.67. The van der Waals surface area contributed by atoms with Crippen LogP contribution in [-0.4, -0.2) is 77.4 Å². The number of carbonyl (C=O) groups is 4. The van der Waals surface area contributed by atoms with Gasteiger partial charge >= 0.3 is 5.97 Å². The molecule has 2 N–H and O–H groups in total. The predicted octanol–water partition coefficient (Wildman–Crippen LogP) is -0.0449. The third-order valence-electron chi connectivity index (χ3n) is 5.04. The summed E-state index contributed by atoms with van der Waals surface area (Å²) in [4.78, 5) is 49.7. The molecule has 3 atom stereocenters. The maximum absolute atomic E-state index is 12.8. The molecule has 2 aliphatic heterocycles. The molecule has 1 saturated heterocycles. The first kappa shape index (κ1) is 22.8. The summed E-state index contributed by atoms with van der Waals surface area (Å²) in [5.41, 5.74) is 0.910. The quantitative estimate of drug-likeness (QED) is 0.276. The van der Waals surface area contributed by atoms with Crippen LogP contribution in [0.2, 0.25) is 0 Å². The van der Waals surface area contributed by atoms with Crippen LogP contribution >= 0.6 is 23.5 Å². The van der Waals surface area contributed by atoms with Gasteiger partial charge in [-0.25, -0.2) is 9.48 Å². The van der Waals surface area contributed by atoms with Crippen molar-refractivity contribution in [3.05, 3.63) is 47.2 Å². The number of ether oxygens (including phenoxy) is 1. The number of nitrogens with one attached hydrogen (secondary N) is 1. The molecule has 0 bridgehead atoms. The number of benzene rings is 1. The molecule has 33 heavy (non-hydrogen) atoms. The average Bonchev–Trinajstić information content (AvgIpc) is 3.23. The maximum Gasteiger partial charge on any atom is 0.352 e. The molecule has 0 aliphatic carbocycles. The summed E-state index contributed by atoms with van der Waals surface area (Å²) in [6.45, 7) is 0.170. The molecule has 1 fully saturated rings. The van der Waals surface area contributed by atoms with E-state index in [1.54, 1.807) is 37.4 Å². The lowest BCUT2D eigenvalue weighted by molar-refractivity contribution is -0.154. The van der Waals surface area contributed by atoms with E-state index in [-0.39, 0.29) is 12.2 Å². The third-order valence-corrected chi connectivity index (χ3v) is 7.47. The summed E-state index contributed by atoms with van der Waals surface area (Å²) in [6, 6.07) is 7.45. The number of β-lactam (4-membered cyclic amide) rings is 1. The summed E-state index contributed by atoms with van der Waals surface area (Å²) in [5.74, 6) is -1.79. The third kappa shape index (κ3) is 4.43. The molecule has 14 heteroatoms. The number of aliphatic carboxylic acids is 1. The van der Waals surface area contributed by atoms with Crippen molar-refractivity contribution in [2.75, 3.05) is 11.5 Å². The van der Waals surface area contributed by atoms with E-state index < -0.39 is 35.3 Å². The molecule has 2 amide bonds. The molecule has 172 valence electrons. The van der Waals surface area contributed by atoms with E-state index in [1.165, 1.54) is 33.1 Å². The fourth-order valence-corrected chi connectivity index (χ4v) is 5.83. The van der Waals surface area contributed by atoms with E-state index in [9.17, 15) is 24.3 Å². The molecule has 1 aromatic heterocycles. The molecule has 1 aromatic carbocycles. The van der Waals surface area contributed by atoms with Crippen molar-refractivity contribution in [2.45, 2.75) is 22.7 Å². The van der Waals surface area contributed by atoms with Crippen molar-refractivity contribution in [3.8, 4) is 0 Å². The van der Waals surface area contributed by atoms with Crippen LogP contribution in [0, 0.1) is 0 Å². The number of fused-ring (bicyclic) bond motifs is 1. The van der Waals surface area contributed by atoms with Crippen LogP contribution in [0.3, 0.4) is 0 Å². The Morgan fingerprint density at radius 2 is 2.15 bits per heavy atom.